The highest BCUT2D eigenvalue weighted by atomic mass is 15.1. The Morgan fingerprint density at radius 3 is 2.59 bits per heavy atom. The maximum absolute atomic E-state index is 3.45. The van der Waals surface area contributed by atoms with E-state index in [0.29, 0.717) is 0 Å². The summed E-state index contributed by atoms with van der Waals surface area (Å²) in [4.78, 5) is 2.51. The molecule has 17 heavy (non-hydrogen) atoms. The van der Waals surface area contributed by atoms with Crippen molar-refractivity contribution in [2.75, 3.05) is 24.5 Å². The Kier molecular flexibility index (Phi) is 4.43. The van der Waals surface area contributed by atoms with E-state index in [1.54, 1.807) is 0 Å². The first-order valence-electron chi connectivity index (χ1n) is 6.92. The normalized spacial score (nSPS) is 14.5. The highest BCUT2D eigenvalue weighted by molar-refractivity contribution is 5.51. The van der Waals surface area contributed by atoms with E-state index in [2.05, 4.69) is 42.3 Å². The van der Waals surface area contributed by atoms with Gasteiger partial charge in [0.1, 0.15) is 0 Å². The van der Waals surface area contributed by atoms with Crippen molar-refractivity contribution in [3.05, 3.63) is 29.3 Å². The van der Waals surface area contributed by atoms with E-state index in [1.807, 2.05) is 0 Å². The molecule has 94 valence electrons. The first kappa shape index (κ1) is 12.4. The first-order chi connectivity index (χ1) is 8.35. The van der Waals surface area contributed by atoms with Crippen LogP contribution in [0.25, 0.3) is 0 Å². The number of benzene rings is 1. The standard InChI is InChI=1S/C15H24N2/c1-3-9-17(10-4-2)15-6-5-13-7-8-16-12-14(13)11-15/h5-6,11,16H,3-4,7-10,12H2,1-2H3. The van der Waals surface area contributed by atoms with Crippen molar-refractivity contribution in [1.82, 2.24) is 5.32 Å². The van der Waals surface area contributed by atoms with Crippen LogP contribution >= 0.6 is 0 Å². The molecule has 0 saturated heterocycles. The summed E-state index contributed by atoms with van der Waals surface area (Å²) in [7, 11) is 0. The third kappa shape index (κ3) is 3.01. The molecule has 0 bridgehead atoms. The van der Waals surface area contributed by atoms with Crippen LogP contribution in [-0.4, -0.2) is 19.6 Å². The molecule has 0 unspecified atom stereocenters. The number of nitrogens with zero attached hydrogens (tertiary/aromatic N) is 1. The molecule has 1 aromatic carbocycles. The average molecular weight is 232 g/mol. The Morgan fingerprint density at radius 2 is 1.88 bits per heavy atom. The Labute approximate surface area is 105 Å². The van der Waals surface area contributed by atoms with E-state index >= 15 is 0 Å². The smallest absolute Gasteiger partial charge is 0.0369 e. The van der Waals surface area contributed by atoms with Crippen LogP contribution in [0.3, 0.4) is 0 Å². The van der Waals surface area contributed by atoms with E-state index in [1.165, 1.54) is 49.2 Å². The zero-order valence-electron chi connectivity index (χ0n) is 11.1. The molecule has 0 atom stereocenters. The maximum atomic E-state index is 3.45. The van der Waals surface area contributed by atoms with Gasteiger partial charge in [-0.2, -0.15) is 0 Å². The van der Waals surface area contributed by atoms with Crippen LogP contribution in [0, 0.1) is 0 Å². The Morgan fingerprint density at radius 1 is 1.12 bits per heavy atom. The summed E-state index contributed by atoms with van der Waals surface area (Å²) in [5.41, 5.74) is 4.42. The highest BCUT2D eigenvalue weighted by Crippen LogP contribution is 2.22. The number of anilines is 1. The summed E-state index contributed by atoms with van der Waals surface area (Å²) < 4.78 is 0. The second-order valence-electron chi connectivity index (χ2n) is 4.87. The van der Waals surface area contributed by atoms with Gasteiger partial charge in [-0.1, -0.05) is 19.9 Å². The lowest BCUT2D eigenvalue weighted by Gasteiger charge is -2.26. The van der Waals surface area contributed by atoms with Gasteiger partial charge in [0.15, 0.2) is 0 Å². The molecule has 1 aromatic rings. The molecule has 1 N–H and O–H groups in total. The van der Waals surface area contributed by atoms with Crippen LogP contribution in [0.15, 0.2) is 18.2 Å². The summed E-state index contributed by atoms with van der Waals surface area (Å²) in [5.74, 6) is 0. The Bertz CT molecular complexity index is 354. The Balaban J connectivity index is 2.18. The van der Waals surface area contributed by atoms with Gasteiger partial charge in [0.25, 0.3) is 0 Å². The molecule has 0 spiro atoms. The van der Waals surface area contributed by atoms with E-state index in [0.717, 1.165) is 13.1 Å². The summed E-state index contributed by atoms with van der Waals surface area (Å²) in [6.07, 6.45) is 3.61. The molecule has 2 heteroatoms. The van der Waals surface area contributed by atoms with Crippen molar-refractivity contribution >= 4 is 5.69 Å². The predicted molar refractivity (Wildman–Crippen MR) is 74.6 cm³/mol. The molecule has 2 nitrogen and oxygen atoms in total. The molecule has 1 heterocycles. The van der Waals surface area contributed by atoms with Gasteiger partial charge in [0.2, 0.25) is 0 Å². The van der Waals surface area contributed by atoms with E-state index in [-0.39, 0.29) is 0 Å². The fourth-order valence-corrected chi connectivity index (χ4v) is 2.57. The number of hydrogen-bond acceptors (Lipinski definition) is 2. The fraction of sp³-hybridized carbons (Fsp3) is 0.600. The number of hydrogen-bond donors (Lipinski definition) is 1. The number of rotatable bonds is 5. The van der Waals surface area contributed by atoms with Crippen LogP contribution in [0.2, 0.25) is 0 Å². The van der Waals surface area contributed by atoms with Gasteiger partial charge in [-0.25, -0.2) is 0 Å². The van der Waals surface area contributed by atoms with Crippen molar-refractivity contribution in [1.29, 1.82) is 0 Å². The fourth-order valence-electron chi connectivity index (χ4n) is 2.57. The summed E-state index contributed by atoms with van der Waals surface area (Å²) in [5, 5.41) is 3.45. The Hall–Kier alpha value is -1.02. The monoisotopic (exact) mass is 232 g/mol. The summed E-state index contributed by atoms with van der Waals surface area (Å²) in [6, 6.07) is 7.01. The average Bonchev–Trinajstić information content (AvgIpc) is 2.38. The minimum atomic E-state index is 1.04. The molecule has 0 fully saturated rings. The first-order valence-corrected chi connectivity index (χ1v) is 6.92. The SMILES string of the molecule is CCCN(CCC)c1ccc2c(c1)CNCC2. The minimum absolute atomic E-state index is 1.04. The van der Waals surface area contributed by atoms with Crippen LogP contribution in [0.5, 0.6) is 0 Å². The van der Waals surface area contributed by atoms with Gasteiger partial charge in [-0.05, 0) is 49.1 Å². The molecule has 0 saturated carbocycles. The second kappa shape index (κ2) is 6.06. The van der Waals surface area contributed by atoms with Gasteiger partial charge >= 0.3 is 0 Å². The largest absolute Gasteiger partial charge is 0.372 e. The summed E-state index contributed by atoms with van der Waals surface area (Å²) in [6.45, 7) is 9.00. The molecule has 1 aliphatic heterocycles. The van der Waals surface area contributed by atoms with Crippen molar-refractivity contribution in [2.45, 2.75) is 39.7 Å². The van der Waals surface area contributed by atoms with Gasteiger partial charge in [-0.15, -0.1) is 0 Å². The quantitative estimate of drug-likeness (QED) is 0.839. The van der Waals surface area contributed by atoms with Gasteiger partial charge in [-0.3, -0.25) is 0 Å². The van der Waals surface area contributed by atoms with Gasteiger partial charge in [0, 0.05) is 25.3 Å². The molecule has 0 aromatic heterocycles. The van der Waals surface area contributed by atoms with Crippen molar-refractivity contribution in [3.8, 4) is 0 Å². The molecule has 2 rings (SSSR count). The van der Waals surface area contributed by atoms with E-state index in [9.17, 15) is 0 Å². The van der Waals surface area contributed by atoms with Crippen molar-refractivity contribution in [3.63, 3.8) is 0 Å². The number of fused-ring (bicyclic) bond motifs is 1. The predicted octanol–water partition coefficient (Wildman–Crippen LogP) is 2.96. The van der Waals surface area contributed by atoms with Crippen molar-refractivity contribution in [2.24, 2.45) is 0 Å². The topological polar surface area (TPSA) is 15.3 Å². The second-order valence-corrected chi connectivity index (χ2v) is 4.87. The zero-order chi connectivity index (χ0) is 12.1. The van der Waals surface area contributed by atoms with E-state index in [4.69, 9.17) is 0 Å². The van der Waals surface area contributed by atoms with Gasteiger partial charge in [0.05, 0.1) is 0 Å². The molecule has 1 aliphatic rings. The highest BCUT2D eigenvalue weighted by Gasteiger charge is 2.11. The number of nitrogens with one attached hydrogen (secondary N) is 1. The van der Waals surface area contributed by atoms with Gasteiger partial charge < -0.3 is 10.2 Å². The van der Waals surface area contributed by atoms with E-state index < -0.39 is 0 Å². The minimum Gasteiger partial charge on any atom is -0.372 e. The maximum Gasteiger partial charge on any atom is 0.0369 e. The van der Waals surface area contributed by atoms with Crippen LogP contribution in [0.1, 0.15) is 37.8 Å². The molecular weight excluding hydrogens is 208 g/mol. The third-order valence-corrected chi connectivity index (χ3v) is 3.43. The lowest BCUT2D eigenvalue weighted by atomic mass is 10.00. The zero-order valence-corrected chi connectivity index (χ0v) is 11.1. The summed E-state index contributed by atoms with van der Waals surface area (Å²) >= 11 is 0. The third-order valence-electron chi connectivity index (χ3n) is 3.43. The molecule has 0 amide bonds. The lowest BCUT2D eigenvalue weighted by molar-refractivity contribution is 0.642. The van der Waals surface area contributed by atoms with Crippen LogP contribution in [0.4, 0.5) is 5.69 Å². The van der Waals surface area contributed by atoms with Crippen LogP contribution < -0.4 is 10.2 Å². The molecule has 0 radical (unpaired) electrons. The molecular formula is C15H24N2. The van der Waals surface area contributed by atoms with Crippen LogP contribution in [-0.2, 0) is 13.0 Å². The lowest BCUT2D eigenvalue weighted by Crippen LogP contribution is -2.27. The molecule has 0 aliphatic carbocycles. The van der Waals surface area contributed by atoms with Crippen molar-refractivity contribution < 1.29 is 0 Å².